The summed E-state index contributed by atoms with van der Waals surface area (Å²) in [4.78, 5) is 28.2. The maximum atomic E-state index is 12.7. The summed E-state index contributed by atoms with van der Waals surface area (Å²) in [5.41, 5.74) is 2.90. The first-order chi connectivity index (χ1) is 12.9. The summed E-state index contributed by atoms with van der Waals surface area (Å²) in [6, 6.07) is 15.4. The fourth-order valence-corrected chi connectivity index (χ4v) is 3.29. The van der Waals surface area contributed by atoms with Crippen molar-refractivity contribution in [3.05, 3.63) is 59.7 Å². The van der Waals surface area contributed by atoms with Crippen LogP contribution >= 0.6 is 0 Å². The number of amides is 1. The monoisotopic (exact) mass is 366 g/mol. The van der Waals surface area contributed by atoms with E-state index in [-0.39, 0.29) is 11.7 Å². The molecule has 2 aromatic rings. The Labute approximate surface area is 160 Å². The third-order valence-corrected chi connectivity index (χ3v) is 4.88. The number of anilines is 1. The topological polar surface area (TPSA) is 49.9 Å². The molecule has 0 saturated carbocycles. The summed E-state index contributed by atoms with van der Waals surface area (Å²) >= 11 is 0. The van der Waals surface area contributed by atoms with Gasteiger partial charge in [0.2, 0.25) is 0 Å². The second-order valence-electron chi connectivity index (χ2n) is 6.99. The predicted octanol–water partition coefficient (Wildman–Crippen LogP) is 3.31. The lowest BCUT2D eigenvalue weighted by Crippen LogP contribution is -2.52. The van der Waals surface area contributed by atoms with E-state index >= 15 is 0 Å². The lowest BCUT2D eigenvalue weighted by atomic mass is 10.1. The zero-order chi connectivity index (χ0) is 19.4. The SMILES string of the molecule is CC(=O)c1ccc(N2CCN(C(=O)C(C)Oc3cccc(C)c3)CC2)cc1. The molecule has 2 aromatic carbocycles. The van der Waals surface area contributed by atoms with E-state index < -0.39 is 6.10 Å². The van der Waals surface area contributed by atoms with Gasteiger partial charge in [0.05, 0.1) is 0 Å². The molecule has 0 aliphatic carbocycles. The first kappa shape index (κ1) is 19.0. The van der Waals surface area contributed by atoms with Crippen LogP contribution in [0.15, 0.2) is 48.5 Å². The molecule has 1 atom stereocenters. The highest BCUT2D eigenvalue weighted by Gasteiger charge is 2.26. The molecule has 1 unspecified atom stereocenters. The Hall–Kier alpha value is -2.82. The first-order valence-corrected chi connectivity index (χ1v) is 9.32. The van der Waals surface area contributed by atoms with Gasteiger partial charge in [0, 0.05) is 37.4 Å². The summed E-state index contributed by atoms with van der Waals surface area (Å²) in [7, 11) is 0. The van der Waals surface area contributed by atoms with Crippen LogP contribution in [0.3, 0.4) is 0 Å². The Bertz CT molecular complexity index is 809. The number of hydrogen-bond donors (Lipinski definition) is 0. The summed E-state index contributed by atoms with van der Waals surface area (Å²) in [6.07, 6.45) is -0.506. The van der Waals surface area contributed by atoms with Crippen LogP contribution in [0, 0.1) is 6.92 Å². The molecule has 142 valence electrons. The molecule has 5 heteroatoms. The van der Waals surface area contributed by atoms with Crippen molar-refractivity contribution in [2.75, 3.05) is 31.1 Å². The third kappa shape index (κ3) is 4.67. The molecular formula is C22H26N2O3. The molecule has 1 fully saturated rings. The molecular weight excluding hydrogens is 340 g/mol. The van der Waals surface area contributed by atoms with E-state index in [1.54, 1.807) is 13.8 Å². The van der Waals surface area contributed by atoms with Crippen molar-refractivity contribution in [3.63, 3.8) is 0 Å². The van der Waals surface area contributed by atoms with Crippen LogP contribution in [0.2, 0.25) is 0 Å². The highest BCUT2D eigenvalue weighted by Crippen LogP contribution is 2.19. The second-order valence-corrected chi connectivity index (χ2v) is 6.99. The second kappa shape index (κ2) is 8.25. The molecule has 1 aliphatic heterocycles. The smallest absolute Gasteiger partial charge is 0.263 e. The summed E-state index contributed by atoms with van der Waals surface area (Å²) in [5.74, 6) is 0.808. The van der Waals surface area contributed by atoms with E-state index in [0.29, 0.717) is 13.1 Å². The van der Waals surface area contributed by atoms with Crippen molar-refractivity contribution in [1.29, 1.82) is 0 Å². The average Bonchev–Trinajstić information content (AvgIpc) is 2.67. The van der Waals surface area contributed by atoms with E-state index in [2.05, 4.69) is 4.90 Å². The van der Waals surface area contributed by atoms with Gasteiger partial charge in [0.1, 0.15) is 5.75 Å². The van der Waals surface area contributed by atoms with Gasteiger partial charge < -0.3 is 14.5 Å². The van der Waals surface area contributed by atoms with Crippen molar-refractivity contribution in [2.45, 2.75) is 26.9 Å². The Morgan fingerprint density at radius 2 is 1.67 bits per heavy atom. The van der Waals surface area contributed by atoms with Gasteiger partial charge in [-0.2, -0.15) is 0 Å². The van der Waals surface area contributed by atoms with E-state index in [1.165, 1.54) is 0 Å². The van der Waals surface area contributed by atoms with Gasteiger partial charge >= 0.3 is 0 Å². The van der Waals surface area contributed by atoms with Crippen molar-refractivity contribution in [1.82, 2.24) is 4.90 Å². The summed E-state index contributed by atoms with van der Waals surface area (Å²) in [6.45, 7) is 8.23. The summed E-state index contributed by atoms with van der Waals surface area (Å²) < 4.78 is 5.82. The number of carbonyl (C=O) groups is 2. The van der Waals surface area contributed by atoms with Crippen LogP contribution in [-0.4, -0.2) is 48.9 Å². The van der Waals surface area contributed by atoms with Crippen molar-refractivity contribution in [2.24, 2.45) is 0 Å². The Morgan fingerprint density at radius 1 is 1.00 bits per heavy atom. The number of rotatable bonds is 5. The molecule has 0 radical (unpaired) electrons. The standard InChI is InChI=1S/C22H26N2O3/c1-16-5-4-6-21(15-16)27-18(3)22(26)24-13-11-23(12-14-24)20-9-7-19(8-10-20)17(2)25/h4-10,15,18H,11-14H2,1-3H3. The largest absolute Gasteiger partial charge is 0.481 e. The minimum absolute atomic E-state index is 0.0167. The van der Waals surface area contributed by atoms with Crippen LogP contribution in [0.5, 0.6) is 5.75 Å². The maximum absolute atomic E-state index is 12.7. The Kier molecular flexibility index (Phi) is 5.79. The minimum Gasteiger partial charge on any atom is -0.481 e. The molecule has 1 aliphatic rings. The highest BCUT2D eigenvalue weighted by molar-refractivity contribution is 5.94. The zero-order valence-electron chi connectivity index (χ0n) is 16.1. The molecule has 27 heavy (non-hydrogen) atoms. The zero-order valence-corrected chi connectivity index (χ0v) is 16.1. The molecule has 5 nitrogen and oxygen atoms in total. The number of Topliss-reactive ketones (excluding diaryl/α,β-unsaturated/α-hetero) is 1. The maximum Gasteiger partial charge on any atom is 0.263 e. The van der Waals surface area contributed by atoms with Crippen LogP contribution in [0.4, 0.5) is 5.69 Å². The molecule has 0 N–H and O–H groups in total. The Morgan fingerprint density at radius 3 is 2.26 bits per heavy atom. The van der Waals surface area contributed by atoms with Gasteiger partial charge in [-0.3, -0.25) is 9.59 Å². The molecule has 1 saturated heterocycles. The average molecular weight is 366 g/mol. The van der Waals surface area contributed by atoms with Gasteiger partial charge in [-0.05, 0) is 62.7 Å². The lowest BCUT2D eigenvalue weighted by molar-refractivity contribution is -0.138. The van der Waals surface area contributed by atoms with Crippen LogP contribution in [-0.2, 0) is 4.79 Å². The van der Waals surface area contributed by atoms with E-state index in [4.69, 9.17) is 4.74 Å². The number of piperazine rings is 1. The number of hydrogen-bond acceptors (Lipinski definition) is 4. The van der Waals surface area contributed by atoms with Crippen molar-refractivity contribution < 1.29 is 14.3 Å². The fraction of sp³-hybridized carbons (Fsp3) is 0.364. The third-order valence-electron chi connectivity index (χ3n) is 4.88. The number of nitrogens with zero attached hydrogens (tertiary/aromatic N) is 2. The van der Waals surface area contributed by atoms with Gasteiger partial charge in [-0.1, -0.05) is 12.1 Å². The van der Waals surface area contributed by atoms with E-state index in [1.807, 2.05) is 60.4 Å². The lowest BCUT2D eigenvalue weighted by Gasteiger charge is -2.37. The van der Waals surface area contributed by atoms with Crippen molar-refractivity contribution in [3.8, 4) is 5.75 Å². The van der Waals surface area contributed by atoms with Gasteiger partial charge in [0.25, 0.3) is 5.91 Å². The fourth-order valence-electron chi connectivity index (χ4n) is 3.29. The molecule has 1 heterocycles. The van der Waals surface area contributed by atoms with Gasteiger partial charge in [0.15, 0.2) is 11.9 Å². The van der Waals surface area contributed by atoms with Gasteiger partial charge in [-0.15, -0.1) is 0 Å². The minimum atomic E-state index is -0.506. The quantitative estimate of drug-likeness (QED) is 0.762. The van der Waals surface area contributed by atoms with Gasteiger partial charge in [-0.25, -0.2) is 0 Å². The molecule has 0 aromatic heterocycles. The predicted molar refractivity (Wildman–Crippen MR) is 107 cm³/mol. The number of ketones is 1. The number of ether oxygens (including phenoxy) is 1. The van der Waals surface area contributed by atoms with Crippen LogP contribution < -0.4 is 9.64 Å². The van der Waals surface area contributed by atoms with E-state index in [9.17, 15) is 9.59 Å². The number of carbonyl (C=O) groups excluding carboxylic acids is 2. The Balaban J connectivity index is 1.54. The molecule has 0 bridgehead atoms. The number of benzene rings is 2. The summed E-state index contributed by atoms with van der Waals surface area (Å²) in [5, 5.41) is 0. The van der Waals surface area contributed by atoms with Crippen LogP contribution in [0.1, 0.15) is 29.8 Å². The first-order valence-electron chi connectivity index (χ1n) is 9.32. The van der Waals surface area contributed by atoms with E-state index in [0.717, 1.165) is 35.7 Å². The van der Waals surface area contributed by atoms with Crippen molar-refractivity contribution >= 4 is 17.4 Å². The number of aryl methyl sites for hydroxylation is 1. The molecule has 0 spiro atoms. The normalized spacial score (nSPS) is 15.4. The highest BCUT2D eigenvalue weighted by atomic mass is 16.5. The molecule has 3 rings (SSSR count). The molecule has 1 amide bonds. The van der Waals surface area contributed by atoms with Crippen LogP contribution in [0.25, 0.3) is 0 Å².